The summed E-state index contributed by atoms with van der Waals surface area (Å²) in [6.07, 6.45) is 3.56. The lowest BCUT2D eigenvalue weighted by molar-refractivity contribution is 1.07. The van der Waals surface area contributed by atoms with Gasteiger partial charge in [-0.1, -0.05) is 152 Å². The Kier molecular flexibility index (Phi) is 9.75. The molecule has 8 nitrogen and oxygen atoms in total. The number of rotatable bonds is 9. The van der Waals surface area contributed by atoms with E-state index < -0.39 is 0 Å². The molecule has 8 heteroatoms. The molecule has 10 aromatic rings. The van der Waals surface area contributed by atoms with Crippen LogP contribution >= 0.6 is 0 Å². The van der Waals surface area contributed by atoms with Crippen molar-refractivity contribution in [2.75, 3.05) is 0 Å². The highest BCUT2D eigenvalue weighted by atomic mass is 15.0. The van der Waals surface area contributed by atoms with Crippen molar-refractivity contribution in [1.82, 2.24) is 39.9 Å². The van der Waals surface area contributed by atoms with Crippen LogP contribution in [-0.2, 0) is 0 Å². The summed E-state index contributed by atoms with van der Waals surface area (Å²) in [5, 5.41) is 0. The maximum atomic E-state index is 5.27. The van der Waals surface area contributed by atoms with Crippen LogP contribution < -0.4 is 0 Å². The molecule has 0 atom stereocenters. The fraction of sp³-hybridized carbons (Fsp3) is 0. The maximum absolute atomic E-state index is 5.27. The van der Waals surface area contributed by atoms with Gasteiger partial charge in [-0.15, -0.1) is 0 Å². The van der Waals surface area contributed by atoms with Gasteiger partial charge >= 0.3 is 0 Å². The smallest absolute Gasteiger partial charge is 0.166 e. The molecular formula is C52H34N8. The number of benzene rings is 5. The van der Waals surface area contributed by atoms with Crippen LogP contribution in [0.5, 0.6) is 0 Å². The normalized spacial score (nSPS) is 11.0. The fourth-order valence-corrected chi connectivity index (χ4v) is 7.10. The van der Waals surface area contributed by atoms with Crippen molar-refractivity contribution >= 4 is 0 Å². The van der Waals surface area contributed by atoms with Gasteiger partial charge in [-0.2, -0.15) is 0 Å². The summed E-state index contributed by atoms with van der Waals surface area (Å²) in [4.78, 5) is 40.2. The molecule has 5 heterocycles. The second kappa shape index (κ2) is 16.2. The summed E-state index contributed by atoms with van der Waals surface area (Å²) in [6, 6.07) is 64.5. The molecule has 0 bridgehead atoms. The topological polar surface area (TPSA) is 103 Å². The van der Waals surface area contributed by atoms with Crippen molar-refractivity contribution in [3.05, 3.63) is 207 Å². The van der Waals surface area contributed by atoms with Crippen LogP contribution in [0.4, 0.5) is 0 Å². The van der Waals surface area contributed by atoms with Gasteiger partial charge in [-0.3, -0.25) is 9.97 Å². The second-order valence-electron chi connectivity index (χ2n) is 14.1. The first-order valence-electron chi connectivity index (χ1n) is 19.6. The molecule has 0 radical (unpaired) electrons. The van der Waals surface area contributed by atoms with Gasteiger partial charge in [0.15, 0.2) is 23.3 Å². The summed E-state index contributed by atoms with van der Waals surface area (Å²) in [5.74, 6) is 2.21. The van der Waals surface area contributed by atoms with Crippen LogP contribution in [0.25, 0.3) is 102 Å². The van der Waals surface area contributed by atoms with Gasteiger partial charge in [0.05, 0.1) is 34.2 Å². The molecule has 0 saturated carbocycles. The third-order valence-electron chi connectivity index (χ3n) is 10.1. The van der Waals surface area contributed by atoms with Crippen LogP contribution in [0.2, 0.25) is 0 Å². The van der Waals surface area contributed by atoms with Crippen LogP contribution in [0.15, 0.2) is 207 Å². The molecule has 0 spiro atoms. The van der Waals surface area contributed by atoms with Crippen molar-refractivity contribution in [2.45, 2.75) is 0 Å². The summed E-state index contributed by atoms with van der Waals surface area (Å²) < 4.78 is 0. The molecule has 60 heavy (non-hydrogen) atoms. The SMILES string of the molecule is c1ccc(-c2cc(-c3cc(-c4nc(-c5ccccc5)cc(-c5ccccc5)n4)ccn3)nc(-c3ncccc3-c3nc(-c4ccccc4)nc(-c4ccccc4)n3)c2)cc1. The van der Waals surface area contributed by atoms with Crippen LogP contribution in [0.1, 0.15) is 0 Å². The van der Waals surface area contributed by atoms with Gasteiger partial charge < -0.3 is 0 Å². The molecule has 0 fully saturated rings. The van der Waals surface area contributed by atoms with E-state index in [0.29, 0.717) is 46.1 Å². The lowest BCUT2D eigenvalue weighted by Crippen LogP contribution is -2.02. The van der Waals surface area contributed by atoms with E-state index in [4.69, 9.17) is 39.9 Å². The Labute approximate surface area is 347 Å². The number of nitrogens with zero attached hydrogens (tertiary/aromatic N) is 8. The van der Waals surface area contributed by atoms with Crippen molar-refractivity contribution < 1.29 is 0 Å². The molecule has 0 saturated heterocycles. The Bertz CT molecular complexity index is 2960. The lowest BCUT2D eigenvalue weighted by atomic mass is 10.0. The average molecular weight is 771 g/mol. The third-order valence-corrected chi connectivity index (χ3v) is 10.1. The van der Waals surface area contributed by atoms with Crippen molar-refractivity contribution in [1.29, 1.82) is 0 Å². The first kappa shape index (κ1) is 36.0. The summed E-state index contributed by atoms with van der Waals surface area (Å²) in [6.45, 7) is 0. The number of hydrogen-bond donors (Lipinski definition) is 0. The van der Waals surface area contributed by atoms with Crippen LogP contribution in [-0.4, -0.2) is 39.9 Å². The van der Waals surface area contributed by atoms with Crippen LogP contribution in [0, 0.1) is 0 Å². The van der Waals surface area contributed by atoms with Crippen molar-refractivity contribution in [3.8, 4) is 102 Å². The minimum absolute atomic E-state index is 0.490. The van der Waals surface area contributed by atoms with E-state index >= 15 is 0 Å². The van der Waals surface area contributed by atoms with Gasteiger partial charge in [0.1, 0.15) is 0 Å². The molecule has 0 aliphatic rings. The second-order valence-corrected chi connectivity index (χ2v) is 14.1. The van der Waals surface area contributed by atoms with E-state index in [2.05, 4.69) is 48.5 Å². The van der Waals surface area contributed by atoms with E-state index in [0.717, 1.165) is 55.9 Å². The first-order valence-corrected chi connectivity index (χ1v) is 19.6. The lowest BCUT2D eigenvalue weighted by Gasteiger charge is -2.13. The monoisotopic (exact) mass is 770 g/mol. The molecule has 10 rings (SSSR count). The number of pyridine rings is 3. The molecule has 5 aromatic carbocycles. The molecule has 0 unspecified atom stereocenters. The molecule has 0 N–H and O–H groups in total. The highest BCUT2D eigenvalue weighted by molar-refractivity contribution is 5.82. The number of aromatic nitrogens is 8. The summed E-state index contributed by atoms with van der Waals surface area (Å²) in [7, 11) is 0. The van der Waals surface area contributed by atoms with E-state index in [1.54, 1.807) is 12.4 Å². The Hall–Kier alpha value is -8.36. The average Bonchev–Trinajstić information content (AvgIpc) is 3.35. The third kappa shape index (κ3) is 7.56. The van der Waals surface area contributed by atoms with Crippen LogP contribution in [0.3, 0.4) is 0 Å². The highest BCUT2D eigenvalue weighted by Crippen LogP contribution is 2.35. The Morgan fingerprint density at radius 3 is 1.27 bits per heavy atom. The summed E-state index contributed by atoms with van der Waals surface area (Å²) >= 11 is 0. The minimum Gasteiger partial charge on any atom is -0.255 e. The van der Waals surface area contributed by atoms with Gasteiger partial charge in [-0.25, -0.2) is 29.9 Å². The van der Waals surface area contributed by atoms with Crippen molar-refractivity contribution in [2.24, 2.45) is 0 Å². The van der Waals surface area contributed by atoms with E-state index in [9.17, 15) is 0 Å². The van der Waals surface area contributed by atoms with Gasteiger partial charge in [0.2, 0.25) is 0 Å². The highest BCUT2D eigenvalue weighted by Gasteiger charge is 2.20. The Morgan fingerprint density at radius 1 is 0.233 bits per heavy atom. The predicted molar refractivity (Wildman–Crippen MR) is 238 cm³/mol. The first-order chi connectivity index (χ1) is 29.7. The Morgan fingerprint density at radius 2 is 0.700 bits per heavy atom. The summed E-state index contributed by atoms with van der Waals surface area (Å²) in [5.41, 5.74) is 11.6. The quantitative estimate of drug-likeness (QED) is 0.143. The largest absolute Gasteiger partial charge is 0.255 e. The standard InChI is InChI=1S/C52H34N8/c1-6-17-35(18-7-1)41-32-46(45-31-40(28-30-53-45)51-56-43(36-19-8-2-9-20-36)34-44(57-51)37-21-10-3-11-22-37)55-47(33-41)48-42(27-16-29-54-48)52-59-49(38-23-12-4-13-24-38)58-50(60-52)39-25-14-5-15-26-39/h1-34H. The molecule has 0 aliphatic carbocycles. The van der Waals surface area contributed by atoms with E-state index in [1.807, 2.05) is 146 Å². The molecule has 282 valence electrons. The van der Waals surface area contributed by atoms with Gasteiger partial charge in [0, 0.05) is 45.8 Å². The molecule has 0 amide bonds. The molecular weight excluding hydrogens is 737 g/mol. The van der Waals surface area contributed by atoms with Crippen molar-refractivity contribution in [3.63, 3.8) is 0 Å². The molecule has 5 aromatic heterocycles. The van der Waals surface area contributed by atoms with Gasteiger partial charge in [-0.05, 0) is 53.6 Å². The predicted octanol–water partition coefficient (Wildman–Crippen LogP) is 11.8. The Balaban J connectivity index is 1.13. The zero-order valence-corrected chi connectivity index (χ0v) is 32.2. The van der Waals surface area contributed by atoms with E-state index in [1.165, 1.54) is 0 Å². The number of hydrogen-bond acceptors (Lipinski definition) is 8. The van der Waals surface area contributed by atoms with Gasteiger partial charge in [0.25, 0.3) is 0 Å². The zero-order valence-electron chi connectivity index (χ0n) is 32.2. The fourth-order valence-electron chi connectivity index (χ4n) is 7.10. The zero-order chi connectivity index (χ0) is 40.1. The maximum Gasteiger partial charge on any atom is 0.166 e. The van der Waals surface area contributed by atoms with E-state index in [-0.39, 0.29) is 0 Å². The minimum atomic E-state index is 0.490. The molecule has 0 aliphatic heterocycles.